The van der Waals surface area contributed by atoms with Crippen molar-refractivity contribution in [2.45, 2.75) is 45.1 Å². The minimum atomic E-state index is -0.152. The van der Waals surface area contributed by atoms with Crippen molar-refractivity contribution >= 4 is 5.96 Å². The molecule has 0 spiro atoms. The van der Waals surface area contributed by atoms with E-state index in [9.17, 15) is 4.39 Å². The Morgan fingerprint density at radius 3 is 2.72 bits per heavy atom. The first kappa shape index (κ1) is 21.2. The molecule has 1 aromatic heterocycles. The van der Waals surface area contributed by atoms with Crippen molar-refractivity contribution in [1.29, 1.82) is 0 Å². The largest absolute Gasteiger partial charge is 0.382 e. The van der Waals surface area contributed by atoms with Crippen molar-refractivity contribution in [1.82, 2.24) is 25.4 Å². The van der Waals surface area contributed by atoms with E-state index in [0.29, 0.717) is 25.7 Å². The van der Waals surface area contributed by atoms with Crippen molar-refractivity contribution in [2.75, 3.05) is 26.3 Å². The third-order valence-electron chi connectivity index (χ3n) is 5.42. The van der Waals surface area contributed by atoms with Crippen molar-refractivity contribution in [3.05, 3.63) is 47.3 Å². The van der Waals surface area contributed by atoms with Gasteiger partial charge in [-0.1, -0.05) is 18.2 Å². The maximum Gasteiger partial charge on any atom is 0.191 e. The molecule has 0 radical (unpaired) electrons. The van der Waals surface area contributed by atoms with E-state index in [1.165, 1.54) is 6.07 Å². The van der Waals surface area contributed by atoms with Crippen LogP contribution in [-0.2, 0) is 23.7 Å². The highest BCUT2D eigenvalue weighted by Gasteiger charge is 2.45. The van der Waals surface area contributed by atoms with E-state index >= 15 is 0 Å². The highest BCUT2D eigenvalue weighted by Crippen LogP contribution is 2.48. The number of nitrogens with zero attached hydrogens (tertiary/aromatic N) is 4. The Kier molecular flexibility index (Phi) is 7.19. The van der Waals surface area contributed by atoms with E-state index in [2.05, 4.69) is 25.8 Å². The van der Waals surface area contributed by atoms with Crippen molar-refractivity contribution < 1.29 is 9.13 Å². The number of aromatic nitrogens is 3. The summed E-state index contributed by atoms with van der Waals surface area (Å²) in [4.78, 5) is 4.67. The second-order valence-corrected chi connectivity index (χ2v) is 7.48. The normalized spacial score (nSPS) is 15.4. The molecule has 0 saturated heterocycles. The summed E-state index contributed by atoms with van der Waals surface area (Å²) in [5.41, 5.74) is 0.632. The monoisotopic (exact) mass is 402 g/mol. The smallest absolute Gasteiger partial charge is 0.191 e. The maximum atomic E-state index is 14.3. The van der Waals surface area contributed by atoms with E-state index in [4.69, 9.17) is 4.74 Å². The number of hydrogen-bond acceptors (Lipinski definition) is 4. The molecule has 0 atom stereocenters. The van der Waals surface area contributed by atoms with E-state index in [-0.39, 0.29) is 11.2 Å². The van der Waals surface area contributed by atoms with Gasteiger partial charge in [-0.15, -0.1) is 10.2 Å². The molecule has 1 aliphatic carbocycles. The van der Waals surface area contributed by atoms with Crippen LogP contribution < -0.4 is 10.6 Å². The molecule has 0 aliphatic heterocycles. The van der Waals surface area contributed by atoms with E-state index in [1.54, 1.807) is 6.07 Å². The van der Waals surface area contributed by atoms with Crippen LogP contribution in [0.4, 0.5) is 4.39 Å². The molecule has 158 valence electrons. The van der Waals surface area contributed by atoms with Crippen LogP contribution in [0.3, 0.4) is 0 Å². The highest BCUT2D eigenvalue weighted by molar-refractivity contribution is 5.80. The molecular formula is C21H31FN6O. The highest BCUT2D eigenvalue weighted by atomic mass is 19.1. The summed E-state index contributed by atoms with van der Waals surface area (Å²) in [5, 5.41) is 15.0. The van der Waals surface area contributed by atoms with Gasteiger partial charge in [0.1, 0.15) is 18.2 Å². The predicted molar refractivity (Wildman–Crippen MR) is 111 cm³/mol. The number of benzene rings is 1. The van der Waals surface area contributed by atoms with Crippen LogP contribution >= 0.6 is 0 Å². The quantitative estimate of drug-likeness (QED) is 0.363. The molecule has 1 aromatic carbocycles. The van der Waals surface area contributed by atoms with Crippen molar-refractivity contribution in [2.24, 2.45) is 12.0 Å². The third kappa shape index (κ3) is 5.53. The number of ether oxygens (including phenoxy) is 1. The van der Waals surface area contributed by atoms with E-state index in [0.717, 1.165) is 49.6 Å². The van der Waals surface area contributed by atoms with Gasteiger partial charge < -0.3 is 19.9 Å². The minimum absolute atomic E-state index is 0.135. The van der Waals surface area contributed by atoms with Gasteiger partial charge in [0.25, 0.3) is 0 Å². The van der Waals surface area contributed by atoms with Gasteiger partial charge in [-0.05, 0) is 44.7 Å². The van der Waals surface area contributed by atoms with Crippen LogP contribution in [0.2, 0.25) is 0 Å². The summed E-state index contributed by atoms with van der Waals surface area (Å²) in [6.45, 7) is 7.14. The van der Waals surface area contributed by atoms with Gasteiger partial charge in [-0.25, -0.2) is 9.38 Å². The van der Waals surface area contributed by atoms with Crippen LogP contribution in [0.1, 0.15) is 43.4 Å². The summed E-state index contributed by atoms with van der Waals surface area (Å²) in [6, 6.07) is 7.05. The van der Waals surface area contributed by atoms with Crippen molar-refractivity contribution in [3.63, 3.8) is 0 Å². The van der Waals surface area contributed by atoms with E-state index < -0.39 is 0 Å². The molecule has 0 amide bonds. The second kappa shape index (κ2) is 9.82. The average Bonchev–Trinajstić information content (AvgIpc) is 3.44. The Balaban J connectivity index is 1.63. The molecule has 2 aromatic rings. The zero-order valence-corrected chi connectivity index (χ0v) is 17.5. The first-order chi connectivity index (χ1) is 14.1. The molecule has 3 rings (SSSR count). The van der Waals surface area contributed by atoms with Gasteiger partial charge in [0.2, 0.25) is 0 Å². The number of halogens is 1. The molecule has 1 fully saturated rings. The molecular weight excluding hydrogens is 371 g/mol. The van der Waals surface area contributed by atoms with Gasteiger partial charge in [-0.3, -0.25) is 0 Å². The molecule has 7 nitrogen and oxygen atoms in total. The molecule has 2 N–H and O–H groups in total. The fourth-order valence-electron chi connectivity index (χ4n) is 3.27. The van der Waals surface area contributed by atoms with Gasteiger partial charge >= 0.3 is 0 Å². The fourth-order valence-corrected chi connectivity index (χ4v) is 3.27. The molecule has 29 heavy (non-hydrogen) atoms. The molecule has 0 bridgehead atoms. The number of aryl methyl sites for hydroxylation is 1. The number of rotatable bonds is 10. The van der Waals surface area contributed by atoms with Gasteiger partial charge in [0, 0.05) is 38.8 Å². The summed E-state index contributed by atoms with van der Waals surface area (Å²) in [6.07, 6.45) is 2.83. The standard InChI is InChI=1S/C21H31FN6O/c1-4-29-13-7-12-23-20(24-14-19-27-26-16(2)28(19)3)25-15-21(10-11-21)17-8-5-6-9-18(17)22/h5-6,8-9H,4,7,10-15H2,1-3H3,(H2,23,24,25). The van der Waals surface area contributed by atoms with E-state index in [1.807, 2.05) is 37.6 Å². The topological polar surface area (TPSA) is 76.4 Å². The molecule has 0 unspecified atom stereocenters. The lowest BCUT2D eigenvalue weighted by Gasteiger charge is -2.20. The summed E-state index contributed by atoms with van der Waals surface area (Å²) < 4.78 is 21.6. The average molecular weight is 403 g/mol. The summed E-state index contributed by atoms with van der Waals surface area (Å²) in [5.74, 6) is 2.22. The molecule has 1 heterocycles. The third-order valence-corrected chi connectivity index (χ3v) is 5.42. The zero-order valence-electron chi connectivity index (χ0n) is 17.5. The zero-order chi connectivity index (χ0) is 20.7. The summed E-state index contributed by atoms with van der Waals surface area (Å²) in [7, 11) is 1.93. The SMILES string of the molecule is CCOCCCNC(=NCc1nnc(C)n1C)NCC1(c2ccccc2F)CC1. The molecule has 1 saturated carbocycles. The molecule has 8 heteroatoms. The second-order valence-electron chi connectivity index (χ2n) is 7.48. The van der Waals surface area contributed by atoms with Crippen LogP contribution in [0, 0.1) is 12.7 Å². The van der Waals surface area contributed by atoms with Gasteiger partial charge in [0.15, 0.2) is 11.8 Å². The first-order valence-corrected chi connectivity index (χ1v) is 10.3. The Hall–Kier alpha value is -2.48. The Morgan fingerprint density at radius 2 is 2.07 bits per heavy atom. The Labute approximate surface area is 171 Å². The maximum absolute atomic E-state index is 14.3. The lowest BCUT2D eigenvalue weighted by Crippen LogP contribution is -2.42. The number of guanidine groups is 1. The number of nitrogens with one attached hydrogen (secondary N) is 2. The van der Waals surface area contributed by atoms with Crippen molar-refractivity contribution in [3.8, 4) is 0 Å². The van der Waals surface area contributed by atoms with Crippen LogP contribution in [0.25, 0.3) is 0 Å². The minimum Gasteiger partial charge on any atom is -0.382 e. The van der Waals surface area contributed by atoms with Gasteiger partial charge in [0.05, 0.1) is 0 Å². The Morgan fingerprint density at radius 1 is 1.28 bits per heavy atom. The van der Waals surface area contributed by atoms with Crippen LogP contribution in [0.5, 0.6) is 0 Å². The van der Waals surface area contributed by atoms with Crippen LogP contribution in [0.15, 0.2) is 29.3 Å². The fraction of sp³-hybridized carbons (Fsp3) is 0.571. The number of hydrogen-bond donors (Lipinski definition) is 2. The first-order valence-electron chi connectivity index (χ1n) is 10.3. The predicted octanol–water partition coefficient (Wildman–Crippen LogP) is 2.46. The summed E-state index contributed by atoms with van der Waals surface area (Å²) >= 11 is 0. The lowest BCUT2D eigenvalue weighted by molar-refractivity contribution is 0.145. The Bertz CT molecular complexity index is 830. The molecule has 1 aliphatic rings. The van der Waals surface area contributed by atoms with Gasteiger partial charge in [-0.2, -0.15) is 0 Å². The lowest BCUT2D eigenvalue weighted by atomic mass is 9.95. The number of aliphatic imine (C=N–C) groups is 1. The van der Waals surface area contributed by atoms with Crippen LogP contribution in [-0.4, -0.2) is 47.0 Å².